The van der Waals surface area contributed by atoms with E-state index in [1.54, 1.807) is 7.05 Å². The summed E-state index contributed by atoms with van der Waals surface area (Å²) in [6, 6.07) is 1.51. The molecule has 8 heteroatoms. The molecule has 0 aliphatic heterocycles. The highest BCUT2D eigenvalue weighted by Crippen LogP contribution is 2.25. The van der Waals surface area contributed by atoms with Crippen molar-refractivity contribution in [2.24, 2.45) is 0 Å². The second-order valence-electron chi connectivity index (χ2n) is 4.60. The molecule has 6 nitrogen and oxygen atoms in total. The number of rotatable bonds is 11. The molecule has 1 rings (SSSR count). The molecule has 0 aromatic carbocycles. The number of hydrogen-bond donors (Lipinski definition) is 2. The number of furan rings is 1. The predicted octanol–water partition coefficient (Wildman–Crippen LogP) is 2.25. The van der Waals surface area contributed by atoms with Crippen molar-refractivity contribution in [3.8, 4) is 0 Å². The Balaban J connectivity index is 2.43. The highest BCUT2D eigenvalue weighted by Gasteiger charge is 2.21. The normalized spacial score (nSPS) is 12.0. The highest BCUT2D eigenvalue weighted by atomic mass is 79.9. The van der Waals surface area contributed by atoms with E-state index >= 15 is 0 Å². The Hall–Kier alpha value is -0.410. The van der Waals surface area contributed by atoms with Crippen LogP contribution in [0.2, 0.25) is 0 Å². The zero-order valence-corrected chi connectivity index (χ0v) is 14.8. The molecule has 0 amide bonds. The van der Waals surface area contributed by atoms with Crippen molar-refractivity contribution in [2.75, 3.05) is 26.8 Å². The summed E-state index contributed by atoms with van der Waals surface area (Å²) in [5, 5.41) is 2.91. The van der Waals surface area contributed by atoms with Crippen LogP contribution < -0.4 is 10.0 Å². The lowest BCUT2D eigenvalue weighted by Gasteiger charge is -2.06. The molecule has 0 saturated carbocycles. The molecule has 0 aliphatic carbocycles. The highest BCUT2D eigenvalue weighted by molar-refractivity contribution is 9.10. The maximum Gasteiger partial charge on any atom is 0.244 e. The molecule has 1 aromatic heterocycles. The van der Waals surface area contributed by atoms with E-state index in [2.05, 4.69) is 32.9 Å². The number of sulfonamides is 1. The minimum atomic E-state index is -3.56. The van der Waals surface area contributed by atoms with Crippen molar-refractivity contribution >= 4 is 26.0 Å². The van der Waals surface area contributed by atoms with Crippen LogP contribution in [0.15, 0.2) is 20.0 Å². The first-order valence-corrected chi connectivity index (χ1v) is 9.29. The van der Waals surface area contributed by atoms with Crippen molar-refractivity contribution in [3.63, 3.8) is 0 Å². The van der Waals surface area contributed by atoms with Crippen LogP contribution in [0.4, 0.5) is 0 Å². The van der Waals surface area contributed by atoms with Crippen LogP contribution in [0.25, 0.3) is 0 Å². The molecule has 0 radical (unpaired) electrons. The van der Waals surface area contributed by atoms with Gasteiger partial charge < -0.3 is 14.5 Å². The summed E-state index contributed by atoms with van der Waals surface area (Å²) in [5.41, 5.74) is 0. The van der Waals surface area contributed by atoms with Crippen molar-refractivity contribution in [2.45, 2.75) is 37.6 Å². The molecule has 0 saturated heterocycles. The van der Waals surface area contributed by atoms with Crippen molar-refractivity contribution in [3.05, 3.63) is 16.5 Å². The molecule has 122 valence electrons. The van der Waals surface area contributed by atoms with Crippen molar-refractivity contribution < 1.29 is 17.6 Å². The van der Waals surface area contributed by atoms with Gasteiger partial charge in [-0.2, -0.15) is 0 Å². The summed E-state index contributed by atoms with van der Waals surface area (Å²) in [7, 11) is -1.79. The third-order valence-electron chi connectivity index (χ3n) is 2.75. The molecular weight excluding hydrogens is 360 g/mol. The first-order valence-electron chi connectivity index (χ1n) is 7.01. The zero-order valence-electron chi connectivity index (χ0n) is 12.4. The number of unbranched alkanes of at least 4 members (excludes halogenated alkanes) is 1. The van der Waals surface area contributed by atoms with Gasteiger partial charge in [-0.3, -0.25) is 0 Å². The molecule has 1 heterocycles. The average molecular weight is 383 g/mol. The average Bonchev–Trinajstić information content (AvgIpc) is 2.80. The molecule has 0 spiro atoms. The van der Waals surface area contributed by atoms with Crippen LogP contribution in [-0.2, 0) is 21.3 Å². The molecule has 0 fully saturated rings. The van der Waals surface area contributed by atoms with Crippen LogP contribution in [0, 0.1) is 0 Å². The van der Waals surface area contributed by atoms with Gasteiger partial charge in [-0.1, -0.05) is 13.3 Å². The van der Waals surface area contributed by atoms with E-state index in [4.69, 9.17) is 9.15 Å². The number of halogens is 1. The summed E-state index contributed by atoms with van der Waals surface area (Å²) in [6.45, 7) is 4.19. The number of nitrogens with one attached hydrogen (secondary N) is 2. The SMILES string of the molecule is CCCCOCCCNS(=O)(=O)c1cc(CNC)oc1Br. The van der Waals surface area contributed by atoms with Gasteiger partial charge in [0.05, 0.1) is 6.54 Å². The van der Waals surface area contributed by atoms with Crippen LogP contribution in [0.3, 0.4) is 0 Å². The van der Waals surface area contributed by atoms with Crippen LogP contribution in [-0.4, -0.2) is 35.2 Å². The monoisotopic (exact) mass is 382 g/mol. The van der Waals surface area contributed by atoms with Gasteiger partial charge in [-0.15, -0.1) is 0 Å². The third kappa shape index (κ3) is 6.48. The van der Waals surface area contributed by atoms with E-state index in [1.165, 1.54) is 6.07 Å². The van der Waals surface area contributed by atoms with Gasteiger partial charge in [-0.05, 0) is 35.8 Å². The number of ether oxygens (including phenoxy) is 1. The van der Waals surface area contributed by atoms with Crippen LogP contribution >= 0.6 is 15.9 Å². The molecule has 0 bridgehead atoms. The standard InChI is InChI=1S/C13H23BrN2O4S/c1-3-4-7-19-8-5-6-16-21(17,18)12-9-11(10-15-2)20-13(12)14/h9,15-16H,3-8,10H2,1-2H3. The quantitative estimate of drug-likeness (QED) is 0.573. The van der Waals surface area contributed by atoms with E-state index in [9.17, 15) is 8.42 Å². The summed E-state index contributed by atoms with van der Waals surface area (Å²) in [6.07, 6.45) is 2.76. The van der Waals surface area contributed by atoms with Crippen molar-refractivity contribution in [1.82, 2.24) is 10.0 Å². The first-order chi connectivity index (χ1) is 10.0. The van der Waals surface area contributed by atoms with Gasteiger partial charge in [0.2, 0.25) is 10.0 Å². The van der Waals surface area contributed by atoms with Gasteiger partial charge in [0, 0.05) is 25.8 Å². The van der Waals surface area contributed by atoms with E-state index in [0.717, 1.165) is 19.4 Å². The smallest absolute Gasteiger partial charge is 0.244 e. The summed E-state index contributed by atoms with van der Waals surface area (Å²) in [4.78, 5) is 0.125. The summed E-state index contributed by atoms with van der Waals surface area (Å²) in [5.74, 6) is 0.563. The van der Waals surface area contributed by atoms with Gasteiger partial charge >= 0.3 is 0 Å². The fourth-order valence-electron chi connectivity index (χ4n) is 1.65. The Labute approximate surface area is 134 Å². The lowest BCUT2D eigenvalue weighted by Crippen LogP contribution is -2.25. The zero-order chi connectivity index (χ0) is 15.7. The largest absolute Gasteiger partial charge is 0.452 e. The second kappa shape index (κ2) is 9.58. The fraction of sp³-hybridized carbons (Fsp3) is 0.692. The second-order valence-corrected chi connectivity index (χ2v) is 7.05. The molecule has 0 atom stereocenters. The fourth-order valence-corrected chi connectivity index (χ4v) is 3.72. The molecule has 0 aliphatic rings. The number of hydrogen-bond acceptors (Lipinski definition) is 5. The Morgan fingerprint density at radius 3 is 2.71 bits per heavy atom. The molecule has 21 heavy (non-hydrogen) atoms. The van der Waals surface area contributed by atoms with Crippen LogP contribution in [0.1, 0.15) is 31.9 Å². The van der Waals surface area contributed by atoms with Gasteiger partial charge in [0.25, 0.3) is 0 Å². The van der Waals surface area contributed by atoms with E-state index < -0.39 is 10.0 Å². The molecule has 2 N–H and O–H groups in total. The molecule has 0 unspecified atom stereocenters. The van der Waals surface area contributed by atoms with E-state index in [0.29, 0.717) is 31.9 Å². The molecule has 1 aromatic rings. The minimum Gasteiger partial charge on any atom is -0.452 e. The minimum absolute atomic E-state index is 0.125. The third-order valence-corrected chi connectivity index (χ3v) is 5.06. The van der Waals surface area contributed by atoms with Gasteiger partial charge in [0.15, 0.2) is 4.67 Å². The van der Waals surface area contributed by atoms with Crippen molar-refractivity contribution in [1.29, 1.82) is 0 Å². The lowest BCUT2D eigenvalue weighted by atomic mass is 10.4. The Kier molecular flexibility index (Phi) is 8.50. The molecular formula is C13H23BrN2O4S. The lowest BCUT2D eigenvalue weighted by molar-refractivity contribution is 0.130. The Morgan fingerprint density at radius 1 is 1.33 bits per heavy atom. The first kappa shape index (κ1) is 18.6. The van der Waals surface area contributed by atoms with E-state index in [-0.39, 0.29) is 9.56 Å². The predicted molar refractivity (Wildman–Crippen MR) is 84.7 cm³/mol. The Bertz CT molecular complexity index is 516. The maximum atomic E-state index is 12.1. The van der Waals surface area contributed by atoms with Gasteiger partial charge in [0.1, 0.15) is 10.7 Å². The van der Waals surface area contributed by atoms with Gasteiger partial charge in [-0.25, -0.2) is 13.1 Å². The summed E-state index contributed by atoms with van der Waals surface area (Å²) >= 11 is 3.14. The summed E-state index contributed by atoms with van der Waals surface area (Å²) < 4.78 is 37.8. The Morgan fingerprint density at radius 2 is 2.05 bits per heavy atom. The van der Waals surface area contributed by atoms with Crippen LogP contribution in [0.5, 0.6) is 0 Å². The topological polar surface area (TPSA) is 80.6 Å². The maximum absolute atomic E-state index is 12.1. The van der Waals surface area contributed by atoms with E-state index in [1.807, 2.05) is 0 Å².